The van der Waals surface area contributed by atoms with E-state index in [1.165, 1.54) is 23.9 Å². The standard InChI is InChI=1S/C22H20FN3O2S/c1-2-28-18-9-3-15(4-10-18)19-11-21(27)26-13-25(14-29-22(26)20(19)12-24)17-7-5-16(23)6-8-17/h3-10,19H,2,11,13-14H2,1H3/t19-/m1/s1. The number of nitrogens with zero attached hydrogens (tertiary/aromatic N) is 3. The average Bonchev–Trinajstić information content (AvgIpc) is 2.75. The zero-order valence-electron chi connectivity index (χ0n) is 16.0. The number of rotatable bonds is 4. The van der Waals surface area contributed by atoms with Gasteiger partial charge in [0, 0.05) is 18.0 Å². The van der Waals surface area contributed by atoms with E-state index in [1.807, 2.05) is 36.1 Å². The highest BCUT2D eigenvalue weighted by atomic mass is 32.2. The van der Waals surface area contributed by atoms with Crippen LogP contribution in [0.15, 0.2) is 59.1 Å². The van der Waals surface area contributed by atoms with E-state index in [2.05, 4.69) is 6.07 Å². The van der Waals surface area contributed by atoms with Gasteiger partial charge in [0.1, 0.15) is 11.6 Å². The number of thioether (sulfide) groups is 1. The minimum absolute atomic E-state index is 0.0165. The molecule has 1 fully saturated rings. The van der Waals surface area contributed by atoms with Gasteiger partial charge >= 0.3 is 0 Å². The second kappa shape index (κ2) is 8.18. The van der Waals surface area contributed by atoms with E-state index in [1.54, 1.807) is 17.0 Å². The molecule has 1 amide bonds. The number of nitriles is 1. The van der Waals surface area contributed by atoms with Gasteiger partial charge in [-0.2, -0.15) is 5.26 Å². The quantitative estimate of drug-likeness (QED) is 0.747. The van der Waals surface area contributed by atoms with Crippen LogP contribution >= 0.6 is 11.8 Å². The molecule has 1 saturated heterocycles. The van der Waals surface area contributed by atoms with Crippen LogP contribution < -0.4 is 9.64 Å². The van der Waals surface area contributed by atoms with Crippen LogP contribution in [0.3, 0.4) is 0 Å². The van der Waals surface area contributed by atoms with E-state index >= 15 is 0 Å². The summed E-state index contributed by atoms with van der Waals surface area (Å²) in [6.07, 6.45) is 0.248. The topological polar surface area (TPSA) is 56.6 Å². The number of halogens is 1. The highest BCUT2D eigenvalue weighted by molar-refractivity contribution is 8.03. The summed E-state index contributed by atoms with van der Waals surface area (Å²) in [5, 5.41) is 10.6. The molecule has 0 aliphatic carbocycles. The number of amides is 1. The van der Waals surface area contributed by atoms with Gasteiger partial charge in [0.2, 0.25) is 5.91 Å². The van der Waals surface area contributed by atoms with E-state index in [9.17, 15) is 14.4 Å². The zero-order chi connectivity index (χ0) is 20.4. The third-order valence-electron chi connectivity index (χ3n) is 5.08. The third kappa shape index (κ3) is 3.81. The molecule has 0 N–H and O–H groups in total. The third-order valence-corrected chi connectivity index (χ3v) is 6.23. The van der Waals surface area contributed by atoms with E-state index < -0.39 is 0 Å². The van der Waals surface area contributed by atoms with Gasteiger partial charge in [0.25, 0.3) is 0 Å². The number of hydrogen-bond acceptors (Lipinski definition) is 5. The van der Waals surface area contributed by atoms with Crippen LogP contribution in [0.5, 0.6) is 5.75 Å². The molecule has 0 unspecified atom stereocenters. The molecule has 29 heavy (non-hydrogen) atoms. The SMILES string of the molecule is CCOc1ccc([C@H]2CC(=O)N3CN(c4ccc(F)cc4)CSC3=C2C#N)cc1. The number of carbonyl (C=O) groups excluding carboxylic acids is 1. The number of benzene rings is 2. The fourth-order valence-corrected chi connectivity index (χ4v) is 4.79. The summed E-state index contributed by atoms with van der Waals surface area (Å²) >= 11 is 1.47. The summed E-state index contributed by atoms with van der Waals surface area (Å²) in [5.41, 5.74) is 2.41. The Kier molecular flexibility index (Phi) is 5.45. The average molecular weight is 409 g/mol. The molecule has 2 heterocycles. The maximum Gasteiger partial charge on any atom is 0.229 e. The Morgan fingerprint density at radius 2 is 1.93 bits per heavy atom. The fourth-order valence-electron chi connectivity index (χ4n) is 3.63. The van der Waals surface area contributed by atoms with Gasteiger partial charge in [0.15, 0.2) is 0 Å². The summed E-state index contributed by atoms with van der Waals surface area (Å²) in [7, 11) is 0. The van der Waals surface area contributed by atoms with E-state index in [4.69, 9.17) is 4.74 Å². The molecule has 4 rings (SSSR count). The van der Waals surface area contributed by atoms with Crippen molar-refractivity contribution in [2.75, 3.05) is 24.1 Å². The van der Waals surface area contributed by atoms with Crippen molar-refractivity contribution in [2.45, 2.75) is 19.3 Å². The summed E-state index contributed by atoms with van der Waals surface area (Å²) in [5.74, 6) is 0.800. The number of fused-ring (bicyclic) bond motifs is 1. The van der Waals surface area contributed by atoms with Gasteiger partial charge < -0.3 is 9.64 Å². The first-order valence-electron chi connectivity index (χ1n) is 9.41. The molecular weight excluding hydrogens is 389 g/mol. The smallest absolute Gasteiger partial charge is 0.229 e. The normalized spacial score (nSPS) is 19.1. The van der Waals surface area contributed by atoms with Crippen molar-refractivity contribution in [3.63, 3.8) is 0 Å². The molecule has 0 radical (unpaired) electrons. The zero-order valence-corrected chi connectivity index (χ0v) is 16.8. The van der Waals surface area contributed by atoms with Crippen molar-refractivity contribution in [1.29, 1.82) is 5.26 Å². The van der Waals surface area contributed by atoms with Gasteiger partial charge in [-0.25, -0.2) is 4.39 Å². The lowest BCUT2D eigenvalue weighted by Crippen LogP contribution is -2.47. The first kappa shape index (κ1) is 19.3. The number of carbonyl (C=O) groups is 1. The summed E-state index contributed by atoms with van der Waals surface area (Å²) in [6, 6.07) is 16.2. The lowest BCUT2D eigenvalue weighted by molar-refractivity contribution is -0.129. The van der Waals surface area contributed by atoms with Crippen molar-refractivity contribution in [3.05, 3.63) is 70.5 Å². The Morgan fingerprint density at radius 1 is 1.21 bits per heavy atom. The largest absolute Gasteiger partial charge is 0.494 e. The molecule has 0 spiro atoms. The Balaban J connectivity index is 1.61. The second-order valence-corrected chi connectivity index (χ2v) is 7.78. The summed E-state index contributed by atoms with van der Waals surface area (Å²) in [6.45, 7) is 2.87. The van der Waals surface area contributed by atoms with Crippen LogP contribution in [0.4, 0.5) is 10.1 Å². The molecule has 1 atom stereocenters. The number of anilines is 1. The molecular formula is C22H20FN3O2S. The predicted octanol–water partition coefficient (Wildman–Crippen LogP) is 4.44. The van der Waals surface area contributed by atoms with Crippen LogP contribution in [-0.2, 0) is 4.79 Å². The van der Waals surface area contributed by atoms with Crippen molar-refractivity contribution in [3.8, 4) is 11.8 Å². The van der Waals surface area contributed by atoms with Gasteiger partial charge in [-0.3, -0.25) is 9.69 Å². The Morgan fingerprint density at radius 3 is 2.59 bits per heavy atom. The lowest BCUT2D eigenvalue weighted by atomic mass is 9.86. The Bertz CT molecular complexity index is 983. The fraction of sp³-hybridized carbons (Fsp3) is 0.273. The van der Waals surface area contributed by atoms with Crippen LogP contribution in [0.2, 0.25) is 0 Å². The van der Waals surface area contributed by atoms with Gasteiger partial charge in [-0.1, -0.05) is 23.9 Å². The Hall–Kier alpha value is -2.98. The first-order chi connectivity index (χ1) is 14.1. The highest BCUT2D eigenvalue weighted by Gasteiger charge is 2.38. The molecule has 2 aliphatic heterocycles. The van der Waals surface area contributed by atoms with Crippen LogP contribution in [-0.4, -0.2) is 30.0 Å². The van der Waals surface area contributed by atoms with Crippen LogP contribution in [0.25, 0.3) is 0 Å². The van der Waals surface area contributed by atoms with E-state index in [0.29, 0.717) is 24.7 Å². The highest BCUT2D eigenvalue weighted by Crippen LogP contribution is 2.43. The Labute approximate surface area is 173 Å². The minimum Gasteiger partial charge on any atom is -0.494 e. The summed E-state index contributed by atoms with van der Waals surface area (Å²) in [4.78, 5) is 16.6. The minimum atomic E-state index is -0.294. The monoisotopic (exact) mass is 409 g/mol. The molecule has 0 saturated carbocycles. The van der Waals surface area contributed by atoms with Crippen molar-refractivity contribution < 1.29 is 13.9 Å². The van der Waals surface area contributed by atoms with Crippen molar-refractivity contribution in [2.24, 2.45) is 0 Å². The van der Waals surface area contributed by atoms with Crippen LogP contribution in [0.1, 0.15) is 24.8 Å². The molecule has 148 valence electrons. The number of hydrogen-bond donors (Lipinski definition) is 0. The maximum atomic E-state index is 13.2. The first-order valence-corrected chi connectivity index (χ1v) is 10.4. The number of allylic oxidation sites excluding steroid dienone is 1. The molecule has 0 aromatic heterocycles. The van der Waals surface area contributed by atoms with Gasteiger partial charge in [-0.05, 0) is 48.9 Å². The van der Waals surface area contributed by atoms with Crippen LogP contribution in [0, 0.1) is 17.1 Å². The molecule has 2 aromatic rings. The molecule has 2 aliphatic rings. The molecule has 0 bridgehead atoms. The van der Waals surface area contributed by atoms with Gasteiger partial charge in [0.05, 0.1) is 35.8 Å². The maximum absolute atomic E-state index is 13.2. The summed E-state index contributed by atoms with van der Waals surface area (Å²) < 4.78 is 18.7. The molecule has 7 heteroatoms. The van der Waals surface area contributed by atoms with Gasteiger partial charge in [-0.15, -0.1) is 0 Å². The molecule has 2 aromatic carbocycles. The van der Waals surface area contributed by atoms with Crippen molar-refractivity contribution >= 4 is 23.4 Å². The van der Waals surface area contributed by atoms with Crippen molar-refractivity contribution in [1.82, 2.24) is 4.90 Å². The second-order valence-electron chi connectivity index (χ2n) is 6.84. The number of ether oxygens (including phenoxy) is 1. The predicted molar refractivity (Wildman–Crippen MR) is 111 cm³/mol. The van der Waals surface area contributed by atoms with E-state index in [-0.39, 0.29) is 24.1 Å². The van der Waals surface area contributed by atoms with E-state index in [0.717, 1.165) is 22.0 Å². The lowest BCUT2D eigenvalue weighted by Gasteiger charge is -2.42. The molecule has 5 nitrogen and oxygen atoms in total.